The summed E-state index contributed by atoms with van der Waals surface area (Å²) in [4.78, 5) is 12.9. The van der Waals surface area contributed by atoms with E-state index in [9.17, 15) is 9.18 Å². The van der Waals surface area contributed by atoms with E-state index in [1.54, 1.807) is 25.2 Å². The molecule has 0 aliphatic heterocycles. The number of benzene rings is 1. The summed E-state index contributed by atoms with van der Waals surface area (Å²) in [5, 5.41) is 8.60. The summed E-state index contributed by atoms with van der Waals surface area (Å²) < 4.78 is 13.3. The molecule has 0 aromatic heterocycles. The van der Waals surface area contributed by atoms with E-state index in [4.69, 9.17) is 5.26 Å². The van der Waals surface area contributed by atoms with Gasteiger partial charge >= 0.3 is 0 Å². The summed E-state index contributed by atoms with van der Waals surface area (Å²) in [6, 6.07) is 8.14. The average molecular weight is 220 g/mol. The molecule has 0 heterocycles. The highest BCUT2D eigenvalue weighted by Gasteiger charge is 2.17. The summed E-state index contributed by atoms with van der Waals surface area (Å²) in [6.45, 7) is 1.71. The number of carbonyl (C=O) groups excluding carboxylic acids is 1. The van der Waals surface area contributed by atoms with Gasteiger partial charge in [-0.2, -0.15) is 5.26 Å². The van der Waals surface area contributed by atoms with E-state index in [0.717, 1.165) is 0 Å². The van der Waals surface area contributed by atoms with Crippen molar-refractivity contribution in [2.45, 2.75) is 13.5 Å². The van der Waals surface area contributed by atoms with Crippen molar-refractivity contribution in [1.82, 2.24) is 4.90 Å². The van der Waals surface area contributed by atoms with Crippen molar-refractivity contribution in [3.63, 3.8) is 0 Å². The molecule has 1 aromatic carbocycles. The van der Waals surface area contributed by atoms with E-state index in [-0.39, 0.29) is 18.3 Å². The predicted molar refractivity (Wildman–Crippen MR) is 57.7 cm³/mol. The number of hydrogen-bond acceptors (Lipinski definition) is 2. The molecule has 0 aliphatic carbocycles. The van der Waals surface area contributed by atoms with Gasteiger partial charge in [0.25, 0.3) is 0 Å². The smallest absolute Gasteiger partial charge is 0.239 e. The van der Waals surface area contributed by atoms with Crippen LogP contribution in [-0.2, 0) is 11.3 Å². The van der Waals surface area contributed by atoms with Crippen LogP contribution in [0.1, 0.15) is 12.5 Å². The second-order valence-corrected chi connectivity index (χ2v) is 3.64. The fraction of sp³-hybridized carbons (Fsp3) is 0.333. The quantitative estimate of drug-likeness (QED) is 0.781. The second-order valence-electron chi connectivity index (χ2n) is 3.64. The summed E-state index contributed by atoms with van der Waals surface area (Å²) in [7, 11) is 1.56. The molecule has 84 valence electrons. The molecule has 0 saturated heterocycles. The van der Waals surface area contributed by atoms with Crippen LogP contribution in [0.15, 0.2) is 24.3 Å². The van der Waals surface area contributed by atoms with Crippen LogP contribution in [0.4, 0.5) is 4.39 Å². The molecule has 0 fully saturated rings. The minimum atomic E-state index is -0.697. The highest BCUT2D eigenvalue weighted by molar-refractivity contribution is 5.80. The maximum Gasteiger partial charge on any atom is 0.239 e. The number of nitriles is 1. The predicted octanol–water partition coefficient (Wildman–Crippen LogP) is 1.94. The van der Waals surface area contributed by atoms with Crippen molar-refractivity contribution in [2.75, 3.05) is 7.05 Å². The fourth-order valence-electron chi connectivity index (χ4n) is 1.35. The van der Waals surface area contributed by atoms with Crippen LogP contribution in [0, 0.1) is 23.1 Å². The maximum atomic E-state index is 13.3. The highest BCUT2D eigenvalue weighted by atomic mass is 19.1. The van der Waals surface area contributed by atoms with Crippen molar-refractivity contribution < 1.29 is 9.18 Å². The first-order valence-electron chi connectivity index (χ1n) is 4.94. The van der Waals surface area contributed by atoms with Crippen LogP contribution in [-0.4, -0.2) is 17.9 Å². The zero-order chi connectivity index (χ0) is 12.1. The molecular weight excluding hydrogens is 207 g/mol. The molecule has 1 unspecified atom stereocenters. The highest BCUT2D eigenvalue weighted by Crippen LogP contribution is 2.10. The van der Waals surface area contributed by atoms with Gasteiger partial charge in [-0.15, -0.1) is 0 Å². The Morgan fingerprint density at radius 3 is 2.75 bits per heavy atom. The minimum Gasteiger partial charge on any atom is -0.340 e. The minimum absolute atomic E-state index is 0.178. The van der Waals surface area contributed by atoms with Crippen LogP contribution in [0.5, 0.6) is 0 Å². The molecule has 0 N–H and O–H groups in total. The number of carbonyl (C=O) groups is 1. The van der Waals surface area contributed by atoms with Gasteiger partial charge in [0.05, 0.1) is 6.07 Å². The van der Waals surface area contributed by atoms with Gasteiger partial charge in [-0.3, -0.25) is 4.79 Å². The number of amides is 1. The van der Waals surface area contributed by atoms with Crippen molar-refractivity contribution in [2.24, 2.45) is 5.92 Å². The SMILES string of the molecule is CC(C#N)C(=O)N(C)Cc1ccccc1F. The summed E-state index contributed by atoms with van der Waals surface area (Å²) in [6.07, 6.45) is 0. The zero-order valence-electron chi connectivity index (χ0n) is 9.27. The first-order chi connectivity index (χ1) is 7.56. The molecular formula is C12H13FN2O. The van der Waals surface area contributed by atoms with Gasteiger partial charge in [-0.25, -0.2) is 4.39 Å². The molecule has 0 saturated carbocycles. The van der Waals surface area contributed by atoms with Crippen LogP contribution >= 0.6 is 0 Å². The van der Waals surface area contributed by atoms with Crippen molar-refractivity contribution in [3.8, 4) is 6.07 Å². The Bertz CT molecular complexity index is 425. The van der Waals surface area contributed by atoms with Crippen molar-refractivity contribution in [3.05, 3.63) is 35.6 Å². The summed E-state index contributed by atoms with van der Waals surface area (Å²) in [5.74, 6) is -1.34. The van der Waals surface area contributed by atoms with Gasteiger partial charge in [-0.05, 0) is 13.0 Å². The van der Waals surface area contributed by atoms with E-state index in [0.29, 0.717) is 5.56 Å². The standard InChI is InChI=1S/C12H13FN2O/c1-9(7-14)12(16)15(2)8-10-5-3-4-6-11(10)13/h3-6,9H,8H2,1-2H3. The first kappa shape index (κ1) is 12.2. The van der Waals surface area contributed by atoms with Gasteiger partial charge in [0.15, 0.2) is 0 Å². The van der Waals surface area contributed by atoms with Gasteiger partial charge < -0.3 is 4.90 Å². The molecule has 1 aromatic rings. The average Bonchev–Trinajstić information content (AvgIpc) is 2.30. The molecule has 0 spiro atoms. The lowest BCUT2D eigenvalue weighted by Gasteiger charge is -2.18. The Labute approximate surface area is 94.1 Å². The van der Waals surface area contributed by atoms with Gasteiger partial charge in [0.2, 0.25) is 5.91 Å². The largest absolute Gasteiger partial charge is 0.340 e. The van der Waals surface area contributed by atoms with E-state index in [1.165, 1.54) is 17.9 Å². The Morgan fingerprint density at radius 2 is 2.19 bits per heavy atom. The Kier molecular flexibility index (Phi) is 4.01. The second kappa shape index (κ2) is 5.26. The Hall–Kier alpha value is -1.89. The molecule has 0 bridgehead atoms. The third kappa shape index (κ3) is 2.80. The molecule has 0 radical (unpaired) electrons. The van der Waals surface area contributed by atoms with Crippen LogP contribution in [0.25, 0.3) is 0 Å². The normalized spacial score (nSPS) is 11.6. The van der Waals surface area contributed by atoms with Crippen LogP contribution in [0.3, 0.4) is 0 Å². The van der Waals surface area contributed by atoms with E-state index >= 15 is 0 Å². The van der Waals surface area contributed by atoms with Crippen molar-refractivity contribution >= 4 is 5.91 Å². The molecule has 16 heavy (non-hydrogen) atoms. The van der Waals surface area contributed by atoms with E-state index in [1.807, 2.05) is 6.07 Å². The van der Waals surface area contributed by atoms with Gasteiger partial charge in [-0.1, -0.05) is 18.2 Å². The Morgan fingerprint density at radius 1 is 1.56 bits per heavy atom. The lowest BCUT2D eigenvalue weighted by Crippen LogP contribution is -2.30. The topological polar surface area (TPSA) is 44.1 Å². The van der Waals surface area contributed by atoms with Crippen molar-refractivity contribution in [1.29, 1.82) is 5.26 Å². The van der Waals surface area contributed by atoms with Gasteiger partial charge in [0.1, 0.15) is 11.7 Å². The van der Waals surface area contributed by atoms with Gasteiger partial charge in [0, 0.05) is 19.2 Å². The summed E-state index contributed by atoms with van der Waals surface area (Å²) in [5.41, 5.74) is 0.448. The Balaban J connectivity index is 2.73. The molecule has 4 heteroatoms. The molecule has 0 aliphatic rings. The number of hydrogen-bond donors (Lipinski definition) is 0. The lowest BCUT2D eigenvalue weighted by molar-refractivity contribution is -0.132. The monoisotopic (exact) mass is 220 g/mol. The zero-order valence-corrected chi connectivity index (χ0v) is 9.27. The molecule has 3 nitrogen and oxygen atoms in total. The molecule has 1 atom stereocenters. The number of nitrogens with zero attached hydrogens (tertiary/aromatic N) is 2. The van der Waals surface area contributed by atoms with E-state index < -0.39 is 5.92 Å². The van der Waals surface area contributed by atoms with E-state index in [2.05, 4.69) is 0 Å². The van der Waals surface area contributed by atoms with Crippen LogP contribution in [0.2, 0.25) is 0 Å². The fourth-order valence-corrected chi connectivity index (χ4v) is 1.35. The number of rotatable bonds is 3. The molecule has 1 rings (SSSR count). The third-order valence-corrected chi connectivity index (χ3v) is 2.31. The maximum absolute atomic E-state index is 13.3. The third-order valence-electron chi connectivity index (χ3n) is 2.31. The molecule has 1 amide bonds. The van der Waals surface area contributed by atoms with Crippen LogP contribution < -0.4 is 0 Å². The number of halogens is 1. The summed E-state index contributed by atoms with van der Waals surface area (Å²) >= 11 is 0. The lowest BCUT2D eigenvalue weighted by atomic mass is 10.1. The first-order valence-corrected chi connectivity index (χ1v) is 4.94.